The van der Waals surface area contributed by atoms with Gasteiger partial charge >= 0.3 is 0 Å². The molecular weight excluding hydrogens is 367 g/mol. The molecular formula is C28H23P. The van der Waals surface area contributed by atoms with Gasteiger partial charge in [0.1, 0.15) is 0 Å². The van der Waals surface area contributed by atoms with Gasteiger partial charge in [0.15, 0.2) is 0 Å². The van der Waals surface area contributed by atoms with E-state index in [1.807, 2.05) is 0 Å². The zero-order valence-corrected chi connectivity index (χ0v) is 17.3. The second-order valence-electron chi connectivity index (χ2n) is 7.55. The van der Waals surface area contributed by atoms with Crippen LogP contribution in [-0.2, 0) is 6.42 Å². The van der Waals surface area contributed by atoms with Crippen LogP contribution in [0.5, 0.6) is 0 Å². The van der Waals surface area contributed by atoms with Crippen molar-refractivity contribution in [1.29, 1.82) is 0 Å². The molecule has 0 spiro atoms. The van der Waals surface area contributed by atoms with Crippen molar-refractivity contribution in [2.24, 2.45) is 0 Å². The highest BCUT2D eigenvalue weighted by molar-refractivity contribution is 7.35. The number of fused-ring (bicyclic) bond motifs is 1. The SMILES string of the molecule is C(=C1CCCc2c(-c3ccccc3)cc(-c3ccccc3)pc21)c1ccccc1. The van der Waals surface area contributed by atoms with Crippen molar-refractivity contribution in [1.82, 2.24) is 0 Å². The van der Waals surface area contributed by atoms with Gasteiger partial charge in [0.2, 0.25) is 0 Å². The molecule has 0 unspecified atom stereocenters. The lowest BCUT2D eigenvalue weighted by Gasteiger charge is -2.24. The maximum atomic E-state index is 2.43. The lowest BCUT2D eigenvalue weighted by atomic mass is 9.87. The summed E-state index contributed by atoms with van der Waals surface area (Å²) in [6.45, 7) is 0. The molecule has 0 aliphatic heterocycles. The molecule has 1 heterocycles. The average molecular weight is 390 g/mol. The van der Waals surface area contributed by atoms with E-state index in [-0.39, 0.29) is 0 Å². The standard InChI is InChI=1S/C28H23P/c1-4-11-21(12-5-1)19-24-17-10-18-25-26(22-13-6-2-7-14-22)20-27(29-28(24)25)23-15-8-3-9-16-23/h1-9,11-16,19-20H,10,17-18H2. The number of rotatable bonds is 3. The summed E-state index contributed by atoms with van der Waals surface area (Å²) in [4.78, 5) is 0. The lowest BCUT2D eigenvalue weighted by Crippen LogP contribution is -2.03. The Balaban J connectivity index is 1.73. The maximum absolute atomic E-state index is 2.43. The smallest absolute Gasteiger partial charge is 0.0102 e. The summed E-state index contributed by atoms with van der Waals surface area (Å²) in [5.74, 6) is 0. The van der Waals surface area contributed by atoms with E-state index in [2.05, 4.69) is 103 Å². The molecule has 1 heteroatoms. The molecule has 1 aromatic heterocycles. The first kappa shape index (κ1) is 18.1. The third-order valence-corrected chi connectivity index (χ3v) is 7.01. The van der Waals surface area contributed by atoms with E-state index in [1.165, 1.54) is 58.6 Å². The van der Waals surface area contributed by atoms with E-state index >= 15 is 0 Å². The summed E-state index contributed by atoms with van der Waals surface area (Å²) >= 11 is 0. The highest BCUT2D eigenvalue weighted by atomic mass is 31.0. The van der Waals surface area contributed by atoms with E-state index < -0.39 is 0 Å². The highest BCUT2D eigenvalue weighted by Gasteiger charge is 2.20. The van der Waals surface area contributed by atoms with Crippen molar-refractivity contribution in [3.05, 3.63) is 113 Å². The molecule has 0 radical (unpaired) electrons. The van der Waals surface area contributed by atoms with Crippen LogP contribution in [0, 0.1) is 0 Å². The second kappa shape index (κ2) is 8.19. The third-order valence-electron chi connectivity index (χ3n) is 5.60. The minimum Gasteiger partial charge on any atom is -0.0622 e. The van der Waals surface area contributed by atoms with Crippen LogP contribution in [0.4, 0.5) is 0 Å². The van der Waals surface area contributed by atoms with E-state index in [0.717, 1.165) is 12.8 Å². The van der Waals surface area contributed by atoms with Crippen molar-refractivity contribution in [2.45, 2.75) is 19.3 Å². The minimum atomic E-state index is 1.16. The van der Waals surface area contributed by atoms with Gasteiger partial charge in [0.05, 0.1) is 0 Å². The summed E-state index contributed by atoms with van der Waals surface area (Å²) < 4.78 is 0. The van der Waals surface area contributed by atoms with Crippen LogP contribution in [-0.4, -0.2) is 0 Å². The second-order valence-corrected chi connectivity index (χ2v) is 8.70. The molecule has 4 aromatic rings. The van der Waals surface area contributed by atoms with Crippen LogP contribution in [0.25, 0.3) is 33.6 Å². The fourth-order valence-electron chi connectivity index (χ4n) is 4.19. The molecule has 140 valence electrons. The highest BCUT2D eigenvalue weighted by Crippen LogP contribution is 2.46. The van der Waals surface area contributed by atoms with Gasteiger partial charge in [-0.1, -0.05) is 105 Å². The number of benzene rings is 3. The topological polar surface area (TPSA) is 0 Å². The monoisotopic (exact) mass is 390 g/mol. The summed E-state index contributed by atoms with van der Waals surface area (Å²) in [5, 5.41) is 2.91. The number of allylic oxidation sites excluding steroid dienone is 1. The Labute approximate surface area is 174 Å². The van der Waals surface area contributed by atoms with Crippen LogP contribution in [0.2, 0.25) is 0 Å². The van der Waals surface area contributed by atoms with Gasteiger partial charge in [-0.05, 0) is 58.7 Å². The van der Waals surface area contributed by atoms with Crippen LogP contribution in [0.3, 0.4) is 0 Å². The third kappa shape index (κ3) is 3.82. The molecule has 0 saturated carbocycles. The fraction of sp³-hybridized carbons (Fsp3) is 0.107. The molecule has 0 saturated heterocycles. The number of hydrogen-bond donors (Lipinski definition) is 0. The predicted octanol–water partition coefficient (Wildman–Crippen LogP) is 8.48. The average Bonchev–Trinajstić information content (AvgIpc) is 2.80. The largest absolute Gasteiger partial charge is 0.0622 e. The maximum Gasteiger partial charge on any atom is 0.0102 e. The zero-order chi connectivity index (χ0) is 19.5. The Hall–Kier alpha value is -2.95. The predicted molar refractivity (Wildman–Crippen MR) is 127 cm³/mol. The molecule has 29 heavy (non-hydrogen) atoms. The molecule has 0 amide bonds. The summed E-state index contributed by atoms with van der Waals surface area (Å²) in [5.41, 5.74) is 8.36. The van der Waals surface area contributed by atoms with Gasteiger partial charge in [0, 0.05) is 10.6 Å². The van der Waals surface area contributed by atoms with Crippen LogP contribution < -0.4 is 0 Å². The zero-order valence-electron chi connectivity index (χ0n) is 16.4. The Morgan fingerprint density at radius 1 is 0.655 bits per heavy atom. The van der Waals surface area contributed by atoms with Gasteiger partial charge in [-0.15, -0.1) is 0 Å². The molecule has 1 aliphatic carbocycles. The molecule has 3 aromatic carbocycles. The Kier molecular flexibility index (Phi) is 5.11. The van der Waals surface area contributed by atoms with Crippen LogP contribution in [0.15, 0.2) is 97.1 Å². The van der Waals surface area contributed by atoms with Crippen molar-refractivity contribution < 1.29 is 0 Å². The van der Waals surface area contributed by atoms with Gasteiger partial charge in [-0.2, -0.15) is 0 Å². The molecule has 5 rings (SSSR count). The first-order valence-electron chi connectivity index (χ1n) is 10.3. The van der Waals surface area contributed by atoms with Crippen molar-refractivity contribution in [3.63, 3.8) is 0 Å². The minimum absolute atomic E-state index is 1.16. The lowest BCUT2D eigenvalue weighted by molar-refractivity contribution is 0.832. The molecule has 0 fully saturated rings. The fourth-order valence-corrected chi connectivity index (χ4v) is 5.59. The van der Waals surface area contributed by atoms with Gasteiger partial charge < -0.3 is 0 Å². The molecule has 0 bridgehead atoms. The Bertz CT molecular complexity index is 1140. The summed E-state index contributed by atoms with van der Waals surface area (Å²) in [6.07, 6.45) is 5.94. The normalized spacial score (nSPS) is 14.8. The van der Waals surface area contributed by atoms with E-state index in [4.69, 9.17) is 0 Å². The first-order valence-corrected chi connectivity index (χ1v) is 11.2. The van der Waals surface area contributed by atoms with Crippen molar-refractivity contribution >= 4 is 19.8 Å². The molecule has 0 atom stereocenters. The van der Waals surface area contributed by atoms with Gasteiger partial charge in [-0.3, -0.25) is 0 Å². The molecule has 0 N–H and O–H groups in total. The first-order chi connectivity index (χ1) is 14.4. The number of hydrogen-bond acceptors (Lipinski definition) is 0. The quantitative estimate of drug-likeness (QED) is 0.329. The van der Waals surface area contributed by atoms with Crippen molar-refractivity contribution in [3.8, 4) is 22.0 Å². The molecule has 1 aliphatic rings. The Morgan fingerprint density at radius 2 is 1.28 bits per heavy atom. The van der Waals surface area contributed by atoms with E-state index in [9.17, 15) is 0 Å². The summed E-state index contributed by atoms with van der Waals surface area (Å²) in [6, 6.07) is 34.9. The molecule has 0 nitrogen and oxygen atoms in total. The van der Waals surface area contributed by atoms with Crippen molar-refractivity contribution in [2.75, 3.05) is 0 Å². The van der Waals surface area contributed by atoms with Crippen LogP contribution >= 0.6 is 8.19 Å². The Morgan fingerprint density at radius 3 is 1.97 bits per heavy atom. The van der Waals surface area contributed by atoms with Gasteiger partial charge in [0.25, 0.3) is 0 Å². The summed E-state index contributed by atoms with van der Waals surface area (Å²) in [7, 11) is 1.33. The van der Waals surface area contributed by atoms with E-state index in [0.29, 0.717) is 0 Å². The van der Waals surface area contributed by atoms with Gasteiger partial charge in [-0.25, -0.2) is 0 Å². The van der Waals surface area contributed by atoms with E-state index in [1.54, 1.807) is 0 Å². The van der Waals surface area contributed by atoms with Crippen LogP contribution in [0.1, 0.15) is 29.3 Å².